The third-order valence-electron chi connectivity index (χ3n) is 4.15. The molecule has 0 radical (unpaired) electrons. The molecule has 0 saturated carbocycles. The van der Waals surface area contributed by atoms with E-state index in [4.69, 9.17) is 13.3 Å². The highest BCUT2D eigenvalue weighted by Gasteiger charge is 2.58. The van der Waals surface area contributed by atoms with Crippen LogP contribution >= 0.6 is 0 Å². The minimum atomic E-state index is -2.86. The van der Waals surface area contributed by atoms with Crippen molar-refractivity contribution in [3.8, 4) is 0 Å². The van der Waals surface area contributed by atoms with Crippen LogP contribution in [-0.2, 0) is 13.3 Å². The summed E-state index contributed by atoms with van der Waals surface area (Å²) in [5.41, 5.74) is 0.136. The molecule has 0 aliphatic carbocycles. The van der Waals surface area contributed by atoms with E-state index >= 15 is 0 Å². The number of rotatable bonds is 16. The smallest absolute Gasteiger partial charge is 0.562 e. The minimum Gasteiger partial charge on any atom is -1.00 e. The van der Waals surface area contributed by atoms with E-state index in [0.717, 1.165) is 37.0 Å². The number of hydrogen-bond acceptors (Lipinski definition) is 3. The Bertz CT molecular complexity index is 336. The van der Waals surface area contributed by atoms with Gasteiger partial charge in [0.1, 0.15) is 0 Å². The van der Waals surface area contributed by atoms with E-state index in [1.54, 1.807) is 0 Å². The SMILES string of the molecule is C=CC[N+](CC=C)(CC=C)C(CCC)[Si](OCC)(OCC)OCC.[I-]. The summed E-state index contributed by atoms with van der Waals surface area (Å²) >= 11 is 0. The van der Waals surface area contributed by atoms with E-state index in [0.29, 0.717) is 19.8 Å². The van der Waals surface area contributed by atoms with Crippen LogP contribution in [0.15, 0.2) is 38.0 Å². The predicted octanol–water partition coefficient (Wildman–Crippen LogP) is 1.12. The zero-order chi connectivity index (χ0) is 18.5. The molecule has 0 heterocycles. The van der Waals surface area contributed by atoms with Gasteiger partial charge in [-0.1, -0.05) is 33.1 Å². The van der Waals surface area contributed by atoms with Crippen molar-refractivity contribution in [3.05, 3.63) is 38.0 Å². The average Bonchev–Trinajstić information content (AvgIpc) is 2.54. The second-order valence-corrected chi connectivity index (χ2v) is 8.58. The van der Waals surface area contributed by atoms with Gasteiger partial charge in [0, 0.05) is 26.2 Å². The van der Waals surface area contributed by atoms with Gasteiger partial charge in [0.15, 0.2) is 5.67 Å². The maximum absolute atomic E-state index is 6.25. The molecule has 0 spiro atoms. The molecule has 1 atom stereocenters. The summed E-state index contributed by atoms with van der Waals surface area (Å²) in [7, 11) is -2.86. The van der Waals surface area contributed by atoms with Gasteiger partial charge in [0.05, 0.1) is 19.6 Å². The summed E-state index contributed by atoms with van der Waals surface area (Å²) < 4.78 is 19.5. The van der Waals surface area contributed by atoms with Crippen molar-refractivity contribution in [2.45, 2.75) is 46.2 Å². The number of nitrogens with zero attached hydrogens (tertiary/aromatic N) is 1. The first kappa shape index (κ1) is 27.2. The number of quaternary nitrogens is 1. The molecule has 0 N–H and O–H groups in total. The zero-order valence-corrected chi connectivity index (χ0v) is 19.8. The van der Waals surface area contributed by atoms with Crippen molar-refractivity contribution < 1.29 is 41.7 Å². The van der Waals surface area contributed by atoms with Crippen molar-refractivity contribution >= 4 is 8.80 Å². The van der Waals surface area contributed by atoms with Gasteiger partial charge >= 0.3 is 8.80 Å². The molecular weight excluding hydrogens is 445 g/mol. The Morgan fingerprint density at radius 3 is 1.40 bits per heavy atom. The Kier molecular flexibility index (Phi) is 16.4. The fraction of sp³-hybridized carbons (Fsp3) is 0.684. The van der Waals surface area contributed by atoms with Crippen LogP contribution in [0.5, 0.6) is 0 Å². The molecule has 0 rings (SSSR count). The van der Waals surface area contributed by atoms with Gasteiger partial charge in [0.25, 0.3) is 0 Å². The van der Waals surface area contributed by atoms with Gasteiger partial charge in [-0.3, -0.25) is 0 Å². The zero-order valence-electron chi connectivity index (χ0n) is 16.6. The molecular formula is C19H38INO3Si. The predicted molar refractivity (Wildman–Crippen MR) is 105 cm³/mol. The monoisotopic (exact) mass is 483 g/mol. The maximum atomic E-state index is 6.25. The van der Waals surface area contributed by atoms with Gasteiger partial charge in [-0.15, -0.1) is 0 Å². The van der Waals surface area contributed by atoms with E-state index in [-0.39, 0.29) is 29.6 Å². The van der Waals surface area contributed by atoms with Crippen LogP contribution < -0.4 is 24.0 Å². The lowest BCUT2D eigenvalue weighted by molar-refractivity contribution is -0.927. The van der Waals surface area contributed by atoms with Crippen LogP contribution in [0, 0.1) is 0 Å². The second kappa shape index (κ2) is 15.1. The fourth-order valence-electron chi connectivity index (χ4n) is 3.45. The van der Waals surface area contributed by atoms with Crippen LogP contribution in [-0.4, -0.2) is 58.4 Å². The summed E-state index contributed by atoms with van der Waals surface area (Å²) in [4.78, 5) is 0. The summed E-state index contributed by atoms with van der Waals surface area (Å²) in [6, 6.07) is 0. The molecule has 0 aliphatic heterocycles. The normalized spacial score (nSPS) is 13.0. The molecule has 4 nitrogen and oxygen atoms in total. The van der Waals surface area contributed by atoms with Gasteiger partial charge in [-0.2, -0.15) is 0 Å². The molecule has 0 saturated heterocycles. The molecule has 148 valence electrons. The van der Waals surface area contributed by atoms with Crippen LogP contribution in [0.4, 0.5) is 0 Å². The van der Waals surface area contributed by atoms with E-state index in [1.807, 2.05) is 39.0 Å². The van der Waals surface area contributed by atoms with Crippen molar-refractivity contribution in [1.29, 1.82) is 0 Å². The lowest BCUT2D eigenvalue weighted by atomic mass is 10.2. The van der Waals surface area contributed by atoms with Crippen molar-refractivity contribution in [2.75, 3.05) is 39.5 Å². The van der Waals surface area contributed by atoms with Crippen molar-refractivity contribution in [1.82, 2.24) is 0 Å². The van der Waals surface area contributed by atoms with Gasteiger partial charge in [-0.25, -0.2) is 0 Å². The molecule has 0 fully saturated rings. The average molecular weight is 484 g/mol. The first-order chi connectivity index (χ1) is 11.6. The van der Waals surface area contributed by atoms with Crippen LogP contribution in [0.1, 0.15) is 40.5 Å². The minimum absolute atomic E-state index is 0. The van der Waals surface area contributed by atoms with Gasteiger partial charge < -0.3 is 41.7 Å². The summed E-state index contributed by atoms with van der Waals surface area (Å²) in [6.07, 6.45) is 7.93. The van der Waals surface area contributed by atoms with Gasteiger partial charge in [-0.05, 0) is 39.0 Å². The molecule has 0 aromatic rings. The van der Waals surface area contributed by atoms with Crippen LogP contribution in [0.25, 0.3) is 0 Å². The van der Waals surface area contributed by atoms with E-state index in [2.05, 4.69) is 26.7 Å². The largest absolute Gasteiger partial charge is 1.00 e. The third kappa shape index (κ3) is 7.64. The molecule has 25 heavy (non-hydrogen) atoms. The molecule has 0 aromatic heterocycles. The third-order valence-corrected chi connectivity index (χ3v) is 7.87. The highest BCUT2D eigenvalue weighted by Crippen LogP contribution is 2.30. The Morgan fingerprint density at radius 2 is 1.16 bits per heavy atom. The van der Waals surface area contributed by atoms with Gasteiger partial charge in [0.2, 0.25) is 0 Å². The first-order valence-corrected chi connectivity index (χ1v) is 11.0. The highest BCUT2D eigenvalue weighted by molar-refractivity contribution is 6.62. The summed E-state index contributed by atoms with van der Waals surface area (Å²) in [5.74, 6) is 0. The Balaban J connectivity index is 0. The van der Waals surface area contributed by atoms with Crippen molar-refractivity contribution in [3.63, 3.8) is 0 Å². The lowest BCUT2D eigenvalue weighted by Gasteiger charge is -2.48. The fourth-order valence-corrected chi connectivity index (χ4v) is 7.12. The lowest BCUT2D eigenvalue weighted by Crippen LogP contribution is -3.00. The molecule has 1 unspecified atom stereocenters. The van der Waals surface area contributed by atoms with E-state index in [1.165, 1.54) is 0 Å². The molecule has 0 amide bonds. The standard InChI is InChI=1S/C19H38NO3Si.HI/c1-8-15-19(20(16-9-2,17-10-3)18-11-4)24(21-12-5,22-13-6)23-14-7;/h9-11,19H,2-4,8,12-18H2,1,5-7H3;1H/q+1;/p-1. The summed E-state index contributed by atoms with van der Waals surface area (Å²) in [6.45, 7) is 24.3. The highest BCUT2D eigenvalue weighted by atomic mass is 127. The molecule has 6 heteroatoms. The molecule has 0 bridgehead atoms. The van der Waals surface area contributed by atoms with E-state index < -0.39 is 8.80 Å². The molecule has 0 aromatic carbocycles. The quantitative estimate of drug-likeness (QED) is 0.143. The summed E-state index contributed by atoms with van der Waals surface area (Å²) in [5, 5.41) is 0. The number of halogens is 1. The van der Waals surface area contributed by atoms with Crippen LogP contribution in [0.2, 0.25) is 0 Å². The molecule has 0 aliphatic rings. The maximum Gasteiger partial charge on any atom is 0.562 e. The van der Waals surface area contributed by atoms with Crippen LogP contribution in [0.3, 0.4) is 0 Å². The second-order valence-electron chi connectivity index (χ2n) is 5.84. The number of hydrogen-bond donors (Lipinski definition) is 0. The topological polar surface area (TPSA) is 27.7 Å². The van der Waals surface area contributed by atoms with E-state index in [9.17, 15) is 0 Å². The Labute approximate surface area is 173 Å². The Morgan fingerprint density at radius 1 is 0.800 bits per heavy atom. The first-order valence-electron chi connectivity index (χ1n) is 9.16. The van der Waals surface area contributed by atoms with Crippen molar-refractivity contribution in [2.24, 2.45) is 0 Å². The Hall–Kier alpha value is 0.00688.